The fourth-order valence-corrected chi connectivity index (χ4v) is 3.96. The van der Waals surface area contributed by atoms with Gasteiger partial charge >= 0.3 is 0 Å². The van der Waals surface area contributed by atoms with E-state index in [4.69, 9.17) is 0 Å². The van der Waals surface area contributed by atoms with E-state index in [2.05, 4.69) is 46.1 Å². The first-order valence-corrected chi connectivity index (χ1v) is 10.6. The number of nitrogens with one attached hydrogen (secondary N) is 2. The Morgan fingerprint density at radius 3 is 2.93 bits per heavy atom. The van der Waals surface area contributed by atoms with Gasteiger partial charge in [-0.2, -0.15) is 0 Å². The van der Waals surface area contributed by atoms with Crippen molar-refractivity contribution < 1.29 is 4.79 Å². The number of rotatable bonds is 8. The van der Waals surface area contributed by atoms with Crippen LogP contribution < -0.4 is 15.5 Å². The molecule has 0 aliphatic carbocycles. The number of thiophene rings is 1. The lowest BCUT2D eigenvalue weighted by Gasteiger charge is -2.17. The maximum atomic E-state index is 12.5. The number of para-hydroxylation sites is 1. The third kappa shape index (κ3) is 5.57. The van der Waals surface area contributed by atoms with E-state index in [1.807, 2.05) is 23.1 Å². The van der Waals surface area contributed by atoms with E-state index in [1.54, 1.807) is 11.3 Å². The van der Waals surface area contributed by atoms with E-state index in [9.17, 15) is 4.79 Å². The second-order valence-corrected chi connectivity index (χ2v) is 7.58. The van der Waals surface area contributed by atoms with Crippen LogP contribution in [0.1, 0.15) is 30.2 Å². The van der Waals surface area contributed by atoms with Gasteiger partial charge < -0.3 is 15.5 Å². The average molecular weight is 385 g/mol. The Hall–Kier alpha value is -2.34. The molecule has 27 heavy (non-hydrogen) atoms. The molecular weight excluding hydrogens is 356 g/mol. The number of guanidine groups is 1. The molecule has 0 bridgehead atoms. The van der Waals surface area contributed by atoms with E-state index in [0.29, 0.717) is 13.0 Å². The molecule has 1 aliphatic heterocycles. The van der Waals surface area contributed by atoms with Gasteiger partial charge in [-0.05, 0) is 49.3 Å². The van der Waals surface area contributed by atoms with Crippen molar-refractivity contribution in [3.8, 4) is 0 Å². The van der Waals surface area contributed by atoms with Gasteiger partial charge in [-0.3, -0.25) is 9.79 Å². The molecule has 6 heteroatoms. The van der Waals surface area contributed by atoms with Crippen LogP contribution in [0.4, 0.5) is 5.69 Å². The van der Waals surface area contributed by atoms with Crippen molar-refractivity contribution in [3.05, 3.63) is 52.2 Å². The minimum absolute atomic E-state index is 0.200. The largest absolute Gasteiger partial charge is 0.357 e. The smallest absolute Gasteiger partial charge is 0.227 e. The normalized spacial score (nSPS) is 13.5. The summed E-state index contributed by atoms with van der Waals surface area (Å²) >= 11 is 1.78. The lowest BCUT2D eigenvalue weighted by Crippen LogP contribution is -2.38. The second kappa shape index (κ2) is 10.1. The van der Waals surface area contributed by atoms with Crippen LogP contribution in [0.5, 0.6) is 0 Å². The minimum atomic E-state index is 0.200. The number of anilines is 1. The highest BCUT2D eigenvalue weighted by atomic mass is 32.1. The fourth-order valence-electron chi connectivity index (χ4n) is 3.25. The molecule has 0 saturated heterocycles. The Morgan fingerprint density at radius 1 is 1.22 bits per heavy atom. The molecule has 0 atom stereocenters. The van der Waals surface area contributed by atoms with Gasteiger partial charge in [0, 0.05) is 43.2 Å². The Kier molecular flexibility index (Phi) is 7.27. The lowest BCUT2D eigenvalue weighted by atomic mass is 10.2. The summed E-state index contributed by atoms with van der Waals surface area (Å²) in [6.07, 6.45) is 3.25. The van der Waals surface area contributed by atoms with Gasteiger partial charge in [-0.15, -0.1) is 11.3 Å². The molecule has 1 aromatic heterocycles. The monoisotopic (exact) mass is 384 g/mol. The van der Waals surface area contributed by atoms with Crippen molar-refractivity contribution in [2.24, 2.45) is 4.99 Å². The molecule has 3 rings (SSSR count). The van der Waals surface area contributed by atoms with Crippen molar-refractivity contribution in [2.75, 3.05) is 31.1 Å². The summed E-state index contributed by atoms with van der Waals surface area (Å²) in [5, 5.41) is 8.73. The first-order valence-electron chi connectivity index (χ1n) is 9.70. The number of carbonyl (C=O) groups excluding carboxylic acids is 1. The highest BCUT2D eigenvalue weighted by molar-refractivity contribution is 7.09. The second-order valence-electron chi connectivity index (χ2n) is 6.54. The van der Waals surface area contributed by atoms with Crippen LogP contribution in [0.25, 0.3) is 0 Å². The molecule has 1 aliphatic rings. The topological polar surface area (TPSA) is 56.7 Å². The molecule has 2 heterocycles. The number of aliphatic imine (C=N–C) groups is 1. The van der Waals surface area contributed by atoms with E-state index >= 15 is 0 Å². The summed E-state index contributed by atoms with van der Waals surface area (Å²) in [6, 6.07) is 12.4. The minimum Gasteiger partial charge on any atom is -0.357 e. The maximum Gasteiger partial charge on any atom is 0.227 e. The molecule has 144 valence electrons. The number of benzene rings is 1. The summed E-state index contributed by atoms with van der Waals surface area (Å²) in [6.45, 7) is 5.19. The number of amides is 1. The van der Waals surface area contributed by atoms with Crippen LogP contribution in [-0.4, -0.2) is 38.0 Å². The van der Waals surface area contributed by atoms with Crippen LogP contribution in [0.15, 0.2) is 46.8 Å². The predicted molar refractivity (Wildman–Crippen MR) is 114 cm³/mol. The van der Waals surface area contributed by atoms with Crippen molar-refractivity contribution in [3.63, 3.8) is 0 Å². The number of nitrogens with zero attached hydrogens (tertiary/aromatic N) is 2. The van der Waals surface area contributed by atoms with Crippen molar-refractivity contribution >= 4 is 28.9 Å². The third-order valence-electron chi connectivity index (χ3n) is 4.60. The average Bonchev–Trinajstić information content (AvgIpc) is 3.34. The molecule has 1 aromatic carbocycles. The molecule has 1 amide bonds. The predicted octanol–water partition coefficient (Wildman–Crippen LogP) is 3.22. The summed E-state index contributed by atoms with van der Waals surface area (Å²) in [5.41, 5.74) is 2.35. The van der Waals surface area contributed by atoms with Crippen molar-refractivity contribution in [1.29, 1.82) is 0 Å². The first kappa shape index (κ1) is 19.4. The van der Waals surface area contributed by atoms with Crippen LogP contribution in [0.2, 0.25) is 0 Å². The Balaban J connectivity index is 1.41. The number of hydrogen-bond donors (Lipinski definition) is 2. The van der Waals surface area contributed by atoms with Gasteiger partial charge in [-0.1, -0.05) is 24.3 Å². The van der Waals surface area contributed by atoms with E-state index in [-0.39, 0.29) is 5.91 Å². The standard InChI is InChI=1S/C21H28N4OS/c1-2-22-21(24-14-11-18-8-6-16-27-18)23-13-5-10-20(26)25-15-12-17-7-3-4-9-19(17)25/h3-4,6-9,16H,2,5,10-15H2,1H3,(H2,22,23,24). The van der Waals surface area contributed by atoms with Crippen LogP contribution >= 0.6 is 11.3 Å². The summed E-state index contributed by atoms with van der Waals surface area (Å²) < 4.78 is 0. The zero-order valence-electron chi connectivity index (χ0n) is 15.9. The molecule has 0 fully saturated rings. The van der Waals surface area contributed by atoms with Gasteiger partial charge in [0.25, 0.3) is 0 Å². The Labute approximate surface area is 165 Å². The van der Waals surface area contributed by atoms with Crippen LogP contribution in [0.3, 0.4) is 0 Å². The first-order chi connectivity index (χ1) is 13.3. The summed E-state index contributed by atoms with van der Waals surface area (Å²) in [4.78, 5) is 20.4. The summed E-state index contributed by atoms with van der Waals surface area (Å²) in [7, 11) is 0. The molecule has 2 N–H and O–H groups in total. The molecular formula is C21H28N4OS. The van der Waals surface area contributed by atoms with E-state index in [1.165, 1.54) is 10.4 Å². The molecule has 2 aromatic rings. The van der Waals surface area contributed by atoms with Gasteiger partial charge in [0.05, 0.1) is 0 Å². The highest BCUT2D eigenvalue weighted by Gasteiger charge is 2.23. The van der Waals surface area contributed by atoms with Gasteiger partial charge in [0.1, 0.15) is 0 Å². The molecule has 0 spiro atoms. The van der Waals surface area contributed by atoms with Gasteiger partial charge in [0.15, 0.2) is 5.96 Å². The number of fused-ring (bicyclic) bond motifs is 1. The quantitative estimate of drug-likeness (QED) is 0.417. The SMILES string of the molecule is CCNC(=NCCCC(=O)N1CCc2ccccc21)NCCc1cccs1. The third-order valence-corrected chi connectivity index (χ3v) is 5.53. The van der Waals surface area contributed by atoms with E-state index < -0.39 is 0 Å². The zero-order valence-corrected chi connectivity index (χ0v) is 16.7. The molecule has 5 nitrogen and oxygen atoms in total. The van der Waals surface area contributed by atoms with Crippen LogP contribution in [-0.2, 0) is 17.6 Å². The van der Waals surface area contributed by atoms with Gasteiger partial charge in [-0.25, -0.2) is 0 Å². The summed E-state index contributed by atoms with van der Waals surface area (Å²) in [5.74, 6) is 1.03. The Bertz CT molecular complexity index is 757. The van der Waals surface area contributed by atoms with Crippen molar-refractivity contribution in [1.82, 2.24) is 10.6 Å². The molecule has 0 saturated carbocycles. The van der Waals surface area contributed by atoms with E-state index in [0.717, 1.165) is 50.5 Å². The highest BCUT2D eigenvalue weighted by Crippen LogP contribution is 2.27. The maximum absolute atomic E-state index is 12.5. The fraction of sp³-hybridized carbons (Fsp3) is 0.429. The Morgan fingerprint density at radius 2 is 2.11 bits per heavy atom. The van der Waals surface area contributed by atoms with Gasteiger partial charge in [0.2, 0.25) is 5.91 Å². The van der Waals surface area contributed by atoms with Crippen molar-refractivity contribution in [2.45, 2.75) is 32.6 Å². The zero-order chi connectivity index (χ0) is 18.9. The van der Waals surface area contributed by atoms with Crippen LogP contribution in [0, 0.1) is 0 Å². The number of carbonyl (C=O) groups is 1. The molecule has 0 unspecified atom stereocenters. The lowest BCUT2D eigenvalue weighted by molar-refractivity contribution is -0.118. The molecule has 0 radical (unpaired) electrons. The number of hydrogen-bond acceptors (Lipinski definition) is 3.